The Morgan fingerprint density at radius 1 is 1.17 bits per heavy atom. The molecule has 0 saturated heterocycles. The van der Waals surface area contributed by atoms with E-state index in [0.717, 1.165) is 18.3 Å². The Morgan fingerprint density at radius 2 is 1.58 bits per heavy atom. The van der Waals surface area contributed by atoms with E-state index in [0.29, 0.717) is 0 Å². The van der Waals surface area contributed by atoms with Gasteiger partial charge in [0.15, 0.2) is 5.96 Å². The summed E-state index contributed by atoms with van der Waals surface area (Å²) in [6.45, 7) is 0.773. The van der Waals surface area contributed by atoms with Crippen LogP contribution in [0, 0.1) is 0 Å². The molecule has 0 fully saturated rings. The molecule has 0 rings (SSSR count). The number of halogens is 1. The summed E-state index contributed by atoms with van der Waals surface area (Å²) < 4.78 is 0. The summed E-state index contributed by atoms with van der Waals surface area (Å²) in [5.41, 5.74) is 0. The molecular weight excluding hydrogens is 285 g/mol. The van der Waals surface area contributed by atoms with E-state index in [1.54, 1.807) is 0 Å². The fraction of sp³-hybridized carbons (Fsp3) is 0.857. The monoisotopic (exact) mass is 303 g/mol. The molecule has 0 bridgehead atoms. The van der Waals surface area contributed by atoms with Gasteiger partial charge in [-0.05, 0) is 0 Å². The molecule has 0 aliphatic rings. The highest BCUT2D eigenvalue weighted by molar-refractivity contribution is 14.0. The third-order valence-corrected chi connectivity index (χ3v) is 1.35. The van der Waals surface area contributed by atoms with Crippen LogP contribution < -0.4 is 0 Å². The second kappa shape index (κ2) is 7.97. The van der Waals surface area contributed by atoms with Gasteiger partial charge in [-0.15, -0.1) is 24.0 Å². The molecule has 0 spiro atoms. The molecule has 0 unspecified atom stereocenters. The SMILES string of the molecule is CN(C)C(=NCCS)N(C)C.I. The van der Waals surface area contributed by atoms with Gasteiger partial charge in [0.25, 0.3) is 0 Å². The van der Waals surface area contributed by atoms with Crippen LogP contribution in [0.25, 0.3) is 0 Å². The van der Waals surface area contributed by atoms with E-state index in [1.807, 2.05) is 38.0 Å². The molecule has 74 valence electrons. The first-order valence-corrected chi connectivity index (χ1v) is 4.22. The average molecular weight is 303 g/mol. The van der Waals surface area contributed by atoms with Gasteiger partial charge in [-0.25, -0.2) is 0 Å². The van der Waals surface area contributed by atoms with Crippen molar-refractivity contribution in [3.63, 3.8) is 0 Å². The number of hydrogen-bond donors (Lipinski definition) is 1. The number of nitrogens with zero attached hydrogens (tertiary/aromatic N) is 3. The van der Waals surface area contributed by atoms with Crippen molar-refractivity contribution in [2.45, 2.75) is 0 Å². The third kappa shape index (κ3) is 5.93. The molecule has 0 aliphatic heterocycles. The maximum absolute atomic E-state index is 4.33. The Hall–Kier alpha value is 0.350. The van der Waals surface area contributed by atoms with Gasteiger partial charge < -0.3 is 9.80 Å². The summed E-state index contributed by atoms with van der Waals surface area (Å²) in [4.78, 5) is 8.31. The maximum atomic E-state index is 4.33. The van der Waals surface area contributed by atoms with Crippen molar-refractivity contribution in [1.82, 2.24) is 9.80 Å². The highest BCUT2D eigenvalue weighted by atomic mass is 127. The fourth-order valence-corrected chi connectivity index (χ4v) is 0.933. The largest absolute Gasteiger partial charge is 0.349 e. The van der Waals surface area contributed by atoms with Crippen molar-refractivity contribution < 1.29 is 0 Å². The second-order valence-corrected chi connectivity index (χ2v) is 3.14. The lowest BCUT2D eigenvalue weighted by Crippen LogP contribution is -2.35. The number of guanidine groups is 1. The first-order valence-electron chi connectivity index (χ1n) is 3.59. The second-order valence-electron chi connectivity index (χ2n) is 2.69. The molecule has 0 aliphatic carbocycles. The Balaban J connectivity index is 0. The zero-order valence-corrected chi connectivity index (χ0v) is 11.3. The average Bonchev–Trinajstić information content (AvgIpc) is 1.87. The maximum Gasteiger partial charge on any atom is 0.195 e. The minimum atomic E-state index is 0. The van der Waals surface area contributed by atoms with Crippen molar-refractivity contribution >= 4 is 42.6 Å². The summed E-state index contributed by atoms with van der Waals surface area (Å²) in [6.07, 6.45) is 0. The zero-order valence-electron chi connectivity index (χ0n) is 8.11. The van der Waals surface area contributed by atoms with Crippen LogP contribution in [0.5, 0.6) is 0 Å². The van der Waals surface area contributed by atoms with E-state index in [9.17, 15) is 0 Å². The van der Waals surface area contributed by atoms with Crippen LogP contribution in [0.15, 0.2) is 4.99 Å². The molecule has 3 nitrogen and oxygen atoms in total. The summed E-state index contributed by atoms with van der Waals surface area (Å²) in [5.74, 6) is 1.78. The van der Waals surface area contributed by atoms with Gasteiger partial charge in [0.1, 0.15) is 0 Å². The summed E-state index contributed by atoms with van der Waals surface area (Å²) in [7, 11) is 7.93. The molecule has 12 heavy (non-hydrogen) atoms. The van der Waals surface area contributed by atoms with E-state index in [-0.39, 0.29) is 24.0 Å². The van der Waals surface area contributed by atoms with Gasteiger partial charge in [-0.1, -0.05) is 0 Å². The normalized spacial score (nSPS) is 8.42. The van der Waals surface area contributed by atoms with Crippen LogP contribution >= 0.6 is 36.6 Å². The standard InChI is InChI=1S/C7H17N3S.HI/c1-9(2)7(10(3)4)8-5-6-11;/h11H,5-6H2,1-4H3;1H. The van der Waals surface area contributed by atoms with E-state index in [4.69, 9.17) is 0 Å². The van der Waals surface area contributed by atoms with Crippen LogP contribution in [-0.4, -0.2) is 56.2 Å². The lowest BCUT2D eigenvalue weighted by molar-refractivity contribution is 0.480. The van der Waals surface area contributed by atoms with Crippen molar-refractivity contribution in [3.8, 4) is 0 Å². The summed E-state index contributed by atoms with van der Waals surface area (Å²) >= 11 is 4.09. The molecular formula is C7H18IN3S. The summed E-state index contributed by atoms with van der Waals surface area (Å²) in [5, 5.41) is 0. The Labute approximate surface area is 97.6 Å². The Bertz CT molecular complexity index is 127. The highest BCUT2D eigenvalue weighted by Crippen LogP contribution is 1.89. The molecule has 5 heteroatoms. The predicted octanol–water partition coefficient (Wildman–Crippen LogP) is 1.01. The van der Waals surface area contributed by atoms with E-state index < -0.39 is 0 Å². The van der Waals surface area contributed by atoms with Gasteiger partial charge in [-0.2, -0.15) is 12.6 Å². The van der Waals surface area contributed by atoms with Crippen LogP contribution in [0.3, 0.4) is 0 Å². The third-order valence-electron chi connectivity index (χ3n) is 1.15. The van der Waals surface area contributed by atoms with Crippen molar-refractivity contribution in [2.24, 2.45) is 4.99 Å². The predicted molar refractivity (Wildman–Crippen MR) is 68.9 cm³/mol. The molecule has 0 heterocycles. The lowest BCUT2D eigenvalue weighted by atomic mass is 10.7. The molecule has 0 aromatic heterocycles. The number of rotatable bonds is 2. The van der Waals surface area contributed by atoms with Crippen LogP contribution in [0.4, 0.5) is 0 Å². The smallest absolute Gasteiger partial charge is 0.195 e. The molecule has 0 aromatic carbocycles. The molecule has 0 amide bonds. The Kier molecular flexibility index (Phi) is 9.87. The van der Waals surface area contributed by atoms with Crippen molar-refractivity contribution in [3.05, 3.63) is 0 Å². The van der Waals surface area contributed by atoms with Gasteiger partial charge in [0, 0.05) is 33.9 Å². The zero-order chi connectivity index (χ0) is 8.85. The minimum Gasteiger partial charge on any atom is -0.349 e. The van der Waals surface area contributed by atoms with E-state index >= 15 is 0 Å². The van der Waals surface area contributed by atoms with Crippen LogP contribution in [-0.2, 0) is 0 Å². The van der Waals surface area contributed by atoms with E-state index in [1.165, 1.54) is 0 Å². The van der Waals surface area contributed by atoms with E-state index in [2.05, 4.69) is 17.6 Å². The topological polar surface area (TPSA) is 18.8 Å². The first-order chi connectivity index (χ1) is 5.09. The van der Waals surface area contributed by atoms with Gasteiger partial charge in [-0.3, -0.25) is 4.99 Å². The quantitative estimate of drug-likeness (QED) is 0.355. The summed E-state index contributed by atoms with van der Waals surface area (Å²) in [6, 6.07) is 0. The molecule has 0 atom stereocenters. The van der Waals surface area contributed by atoms with Gasteiger partial charge >= 0.3 is 0 Å². The molecule has 0 radical (unpaired) electrons. The fourth-order valence-electron chi connectivity index (χ4n) is 0.833. The number of hydrogen-bond acceptors (Lipinski definition) is 2. The number of aliphatic imine (C=N–C) groups is 1. The highest BCUT2D eigenvalue weighted by Gasteiger charge is 2.01. The Morgan fingerprint density at radius 3 is 1.83 bits per heavy atom. The lowest BCUT2D eigenvalue weighted by Gasteiger charge is -2.22. The molecule has 0 aromatic rings. The minimum absolute atomic E-state index is 0. The first kappa shape index (κ1) is 14.9. The van der Waals surface area contributed by atoms with Crippen LogP contribution in [0.2, 0.25) is 0 Å². The van der Waals surface area contributed by atoms with Crippen molar-refractivity contribution in [1.29, 1.82) is 0 Å². The van der Waals surface area contributed by atoms with Gasteiger partial charge in [0.05, 0.1) is 6.54 Å². The number of thiol groups is 1. The molecule has 0 N–H and O–H groups in total. The van der Waals surface area contributed by atoms with Gasteiger partial charge in [0.2, 0.25) is 0 Å². The van der Waals surface area contributed by atoms with Crippen LogP contribution in [0.1, 0.15) is 0 Å². The molecule has 0 saturated carbocycles. The van der Waals surface area contributed by atoms with Crippen molar-refractivity contribution in [2.75, 3.05) is 40.5 Å².